The molecule has 264 valence electrons. The van der Waals surface area contributed by atoms with Crippen molar-refractivity contribution in [1.82, 2.24) is 14.9 Å². The predicted molar refractivity (Wildman–Crippen MR) is 187 cm³/mol. The summed E-state index contributed by atoms with van der Waals surface area (Å²) in [6.45, 7) is 7.00. The first-order valence-electron chi connectivity index (χ1n) is 16.8. The van der Waals surface area contributed by atoms with E-state index in [1.54, 1.807) is 19.9 Å². The van der Waals surface area contributed by atoms with Crippen LogP contribution in [0.1, 0.15) is 48.9 Å². The number of imidazole rings is 1. The summed E-state index contributed by atoms with van der Waals surface area (Å²) in [5.41, 5.74) is 4.07. The lowest BCUT2D eigenvalue weighted by Gasteiger charge is -2.32. The van der Waals surface area contributed by atoms with E-state index in [0.717, 1.165) is 66.8 Å². The number of likely N-dealkylation sites (tertiary alicyclic amines) is 1. The van der Waals surface area contributed by atoms with Gasteiger partial charge >= 0.3 is 13.8 Å². The first kappa shape index (κ1) is 35.7. The number of ether oxygens (including phenoxy) is 2. The zero-order valence-electron chi connectivity index (χ0n) is 28.1. The van der Waals surface area contributed by atoms with Crippen molar-refractivity contribution in [1.29, 1.82) is 0 Å². The largest absolute Gasteiger partial charge is 0.486 e. The number of hydrogen-bond acceptors (Lipinski definition) is 7. The van der Waals surface area contributed by atoms with E-state index < -0.39 is 19.3 Å². The molecule has 50 heavy (non-hydrogen) atoms. The molecule has 8 nitrogen and oxygen atoms in total. The SMILES string of the molecule is CCOP(=O)(Cc1cccc(COc2ccccc2OC2CCN(Cc3ccc4nc(-c5cccc(C(F)(F)F)c5)[nH]c4c3)CC2)c1)OCC. The van der Waals surface area contributed by atoms with Gasteiger partial charge in [-0.1, -0.05) is 54.6 Å². The molecular formula is C38H41F3N3O5P. The number of aromatic amines is 1. The molecule has 0 radical (unpaired) electrons. The third-order valence-corrected chi connectivity index (χ3v) is 10.6. The maximum absolute atomic E-state index is 13.2. The van der Waals surface area contributed by atoms with Crippen molar-refractivity contribution >= 4 is 18.6 Å². The van der Waals surface area contributed by atoms with Crippen LogP contribution in [0.5, 0.6) is 11.5 Å². The average Bonchev–Trinajstić information content (AvgIpc) is 3.52. The van der Waals surface area contributed by atoms with Crippen molar-refractivity contribution in [2.24, 2.45) is 0 Å². The number of benzene rings is 4. The monoisotopic (exact) mass is 707 g/mol. The van der Waals surface area contributed by atoms with Gasteiger partial charge in [-0.15, -0.1) is 0 Å². The summed E-state index contributed by atoms with van der Waals surface area (Å²) in [4.78, 5) is 10.1. The highest BCUT2D eigenvalue weighted by molar-refractivity contribution is 7.53. The average molecular weight is 708 g/mol. The summed E-state index contributed by atoms with van der Waals surface area (Å²) in [7, 11) is -3.21. The minimum absolute atomic E-state index is 0.0377. The number of halogens is 3. The molecule has 0 unspecified atom stereocenters. The Balaban J connectivity index is 1.02. The molecule has 1 aliphatic heterocycles. The van der Waals surface area contributed by atoms with Gasteiger partial charge in [0.2, 0.25) is 0 Å². The Bertz CT molecular complexity index is 1930. The normalized spacial score (nSPS) is 14.7. The van der Waals surface area contributed by atoms with E-state index in [1.807, 2.05) is 66.7 Å². The van der Waals surface area contributed by atoms with Crippen molar-refractivity contribution in [2.75, 3.05) is 26.3 Å². The summed E-state index contributed by atoms with van der Waals surface area (Å²) in [5.74, 6) is 1.76. The van der Waals surface area contributed by atoms with Gasteiger partial charge in [0.05, 0.1) is 36.0 Å². The predicted octanol–water partition coefficient (Wildman–Crippen LogP) is 9.64. The Kier molecular flexibility index (Phi) is 11.3. The number of H-pyrrole nitrogens is 1. The number of para-hydroxylation sites is 2. The molecule has 0 amide bonds. The van der Waals surface area contributed by atoms with Crippen molar-refractivity contribution in [2.45, 2.75) is 58.3 Å². The maximum atomic E-state index is 13.2. The number of rotatable bonds is 14. The maximum Gasteiger partial charge on any atom is 0.416 e. The standard InChI is InChI=1S/C38H41F3N3O5P/c1-3-47-50(45,48-4-2)26-29-10-7-9-28(21-29)25-46-35-13-5-6-14-36(35)49-32-17-19-44(20-18-32)24-27-15-16-33-34(22-27)43-37(42-33)30-11-8-12-31(23-30)38(39,40)41/h5-16,21-23,32H,3-4,17-20,24-26H2,1-2H3,(H,42,43). The molecule has 0 bridgehead atoms. The van der Waals surface area contributed by atoms with E-state index in [9.17, 15) is 17.7 Å². The topological polar surface area (TPSA) is 85.9 Å². The fourth-order valence-electron chi connectivity index (χ4n) is 6.15. The van der Waals surface area contributed by atoms with E-state index >= 15 is 0 Å². The highest BCUT2D eigenvalue weighted by Crippen LogP contribution is 2.51. The fraction of sp³-hybridized carbons (Fsp3) is 0.342. The van der Waals surface area contributed by atoms with Gasteiger partial charge in [-0.05, 0) is 79.8 Å². The van der Waals surface area contributed by atoms with Crippen LogP contribution in [-0.4, -0.2) is 47.3 Å². The van der Waals surface area contributed by atoms with Gasteiger partial charge < -0.3 is 23.5 Å². The van der Waals surface area contributed by atoms with Crippen LogP contribution in [0.15, 0.2) is 91.0 Å². The van der Waals surface area contributed by atoms with Crippen LogP contribution in [-0.2, 0) is 39.1 Å². The number of alkyl halides is 3. The van der Waals surface area contributed by atoms with Crippen molar-refractivity contribution < 1.29 is 36.3 Å². The molecule has 1 aliphatic rings. The van der Waals surface area contributed by atoms with Gasteiger partial charge in [-0.25, -0.2) is 4.98 Å². The number of piperidine rings is 1. The summed E-state index contributed by atoms with van der Waals surface area (Å²) in [6, 6.07) is 26.6. The van der Waals surface area contributed by atoms with Gasteiger partial charge in [-0.3, -0.25) is 9.46 Å². The van der Waals surface area contributed by atoms with Crippen LogP contribution in [0.2, 0.25) is 0 Å². The highest BCUT2D eigenvalue weighted by atomic mass is 31.2. The van der Waals surface area contributed by atoms with Crippen LogP contribution < -0.4 is 9.47 Å². The third kappa shape index (κ3) is 9.14. The van der Waals surface area contributed by atoms with Gasteiger partial charge in [0.15, 0.2) is 11.5 Å². The van der Waals surface area contributed by atoms with Crippen LogP contribution in [0.3, 0.4) is 0 Å². The van der Waals surface area contributed by atoms with Crippen molar-refractivity contribution in [3.8, 4) is 22.9 Å². The Morgan fingerprint density at radius 3 is 2.30 bits per heavy atom. The lowest BCUT2D eigenvalue weighted by molar-refractivity contribution is -0.137. The Morgan fingerprint density at radius 1 is 0.840 bits per heavy atom. The van der Waals surface area contributed by atoms with E-state index in [2.05, 4.69) is 14.9 Å². The molecule has 5 aromatic rings. The lowest BCUT2D eigenvalue weighted by atomic mass is 10.1. The zero-order chi connectivity index (χ0) is 35.1. The third-order valence-electron chi connectivity index (χ3n) is 8.51. The molecule has 4 aromatic carbocycles. The minimum Gasteiger partial charge on any atom is -0.486 e. The number of fused-ring (bicyclic) bond motifs is 1. The number of hydrogen-bond donors (Lipinski definition) is 1. The minimum atomic E-state index is -4.41. The molecule has 1 aromatic heterocycles. The van der Waals surface area contributed by atoms with Crippen LogP contribution in [0.4, 0.5) is 13.2 Å². The second kappa shape index (κ2) is 15.8. The fourth-order valence-corrected chi connectivity index (χ4v) is 7.84. The molecule has 1 fully saturated rings. The van der Waals surface area contributed by atoms with E-state index in [1.165, 1.54) is 6.07 Å². The highest BCUT2D eigenvalue weighted by Gasteiger charge is 2.31. The van der Waals surface area contributed by atoms with E-state index in [4.69, 9.17) is 18.5 Å². The molecule has 0 saturated carbocycles. The van der Waals surface area contributed by atoms with E-state index in [0.29, 0.717) is 48.2 Å². The molecule has 1 N–H and O–H groups in total. The summed E-state index contributed by atoms with van der Waals surface area (Å²) in [6.07, 6.45) is -2.48. The smallest absolute Gasteiger partial charge is 0.416 e. The van der Waals surface area contributed by atoms with Crippen LogP contribution in [0.25, 0.3) is 22.4 Å². The Labute approximate surface area is 290 Å². The second-order valence-corrected chi connectivity index (χ2v) is 14.3. The first-order chi connectivity index (χ1) is 24.1. The Hall–Kier alpha value is -4.15. The molecular weight excluding hydrogens is 666 g/mol. The van der Waals surface area contributed by atoms with Crippen LogP contribution in [0, 0.1) is 0 Å². The second-order valence-electron chi connectivity index (χ2n) is 12.3. The molecule has 0 aliphatic carbocycles. The Morgan fingerprint density at radius 2 is 1.56 bits per heavy atom. The number of aromatic nitrogens is 2. The molecule has 0 atom stereocenters. The number of nitrogens with one attached hydrogen (secondary N) is 1. The molecule has 2 heterocycles. The number of nitrogens with zero attached hydrogens (tertiary/aromatic N) is 2. The van der Waals surface area contributed by atoms with E-state index in [-0.39, 0.29) is 12.3 Å². The summed E-state index contributed by atoms with van der Waals surface area (Å²) in [5, 5.41) is 0. The molecule has 0 spiro atoms. The molecule has 12 heteroatoms. The van der Waals surface area contributed by atoms with Gasteiger partial charge in [0.1, 0.15) is 18.5 Å². The molecule has 1 saturated heterocycles. The van der Waals surface area contributed by atoms with Gasteiger partial charge in [0, 0.05) is 25.2 Å². The van der Waals surface area contributed by atoms with Gasteiger partial charge in [-0.2, -0.15) is 13.2 Å². The summed E-state index contributed by atoms with van der Waals surface area (Å²) >= 11 is 0. The van der Waals surface area contributed by atoms with Gasteiger partial charge in [0.25, 0.3) is 0 Å². The van der Waals surface area contributed by atoms with Crippen molar-refractivity contribution in [3.63, 3.8) is 0 Å². The molecule has 6 rings (SSSR count). The summed E-state index contributed by atoms with van der Waals surface area (Å²) < 4.78 is 76.3. The van der Waals surface area contributed by atoms with Crippen LogP contribution >= 0.6 is 7.60 Å². The zero-order valence-corrected chi connectivity index (χ0v) is 29.0. The quantitative estimate of drug-likeness (QED) is 0.115. The van der Waals surface area contributed by atoms with Crippen molar-refractivity contribution in [3.05, 3.63) is 113 Å². The first-order valence-corrected chi connectivity index (χ1v) is 18.6. The lowest BCUT2D eigenvalue weighted by Crippen LogP contribution is -2.37.